The lowest BCUT2D eigenvalue weighted by Crippen LogP contribution is -2.42. The van der Waals surface area contributed by atoms with Crippen LogP contribution in [0.4, 0.5) is 4.79 Å². The van der Waals surface area contributed by atoms with Gasteiger partial charge in [0, 0.05) is 35.4 Å². The normalized spacial score (nSPS) is 15.5. The van der Waals surface area contributed by atoms with Crippen LogP contribution in [0, 0.1) is 0 Å². The molecule has 3 rings (SSSR count). The molecule has 1 fully saturated rings. The first-order valence-electron chi connectivity index (χ1n) is 7.83. The second-order valence-corrected chi connectivity index (χ2v) is 6.67. The number of thiophene rings is 1. The third kappa shape index (κ3) is 4.07. The zero-order valence-electron chi connectivity index (χ0n) is 12.5. The van der Waals surface area contributed by atoms with Crippen LogP contribution in [0.2, 0.25) is 0 Å². The SMILES string of the molecule is O=C(NCc1cncc(-c2cccs2)c1)NC1CCCCC1. The zero-order chi connectivity index (χ0) is 15.2. The van der Waals surface area contributed by atoms with Gasteiger partial charge in [0.15, 0.2) is 0 Å². The summed E-state index contributed by atoms with van der Waals surface area (Å²) in [6.07, 6.45) is 9.59. The number of nitrogens with zero attached hydrogens (tertiary/aromatic N) is 1. The number of aromatic nitrogens is 1. The van der Waals surface area contributed by atoms with E-state index in [1.165, 1.54) is 24.1 Å². The highest BCUT2D eigenvalue weighted by molar-refractivity contribution is 7.13. The highest BCUT2D eigenvalue weighted by Crippen LogP contribution is 2.24. The predicted octanol–water partition coefficient (Wildman–Crippen LogP) is 3.94. The van der Waals surface area contributed by atoms with Crippen LogP contribution in [0.15, 0.2) is 36.0 Å². The molecule has 0 radical (unpaired) electrons. The molecule has 0 aliphatic heterocycles. The second kappa shape index (κ2) is 7.40. The minimum Gasteiger partial charge on any atom is -0.335 e. The largest absolute Gasteiger partial charge is 0.335 e. The number of hydrogen-bond acceptors (Lipinski definition) is 3. The maximum Gasteiger partial charge on any atom is 0.315 e. The van der Waals surface area contributed by atoms with Gasteiger partial charge in [-0.05, 0) is 35.9 Å². The van der Waals surface area contributed by atoms with Crippen LogP contribution in [-0.4, -0.2) is 17.1 Å². The van der Waals surface area contributed by atoms with Crippen LogP contribution in [0.3, 0.4) is 0 Å². The Morgan fingerprint density at radius 1 is 1.27 bits per heavy atom. The van der Waals surface area contributed by atoms with Crippen molar-refractivity contribution < 1.29 is 4.79 Å². The topological polar surface area (TPSA) is 54.0 Å². The fourth-order valence-electron chi connectivity index (χ4n) is 2.83. The summed E-state index contributed by atoms with van der Waals surface area (Å²) in [7, 11) is 0. The number of carbonyl (C=O) groups excluding carboxylic acids is 1. The summed E-state index contributed by atoms with van der Waals surface area (Å²) in [6.45, 7) is 0.505. The number of urea groups is 1. The summed E-state index contributed by atoms with van der Waals surface area (Å²) in [4.78, 5) is 17.4. The lowest BCUT2D eigenvalue weighted by molar-refractivity contribution is 0.232. The molecule has 0 unspecified atom stereocenters. The average molecular weight is 315 g/mol. The summed E-state index contributed by atoms with van der Waals surface area (Å²) >= 11 is 1.69. The summed E-state index contributed by atoms with van der Waals surface area (Å²) in [6, 6.07) is 6.45. The van der Waals surface area contributed by atoms with Crippen molar-refractivity contribution in [3.63, 3.8) is 0 Å². The van der Waals surface area contributed by atoms with E-state index < -0.39 is 0 Å². The molecular weight excluding hydrogens is 294 g/mol. The van der Waals surface area contributed by atoms with Gasteiger partial charge >= 0.3 is 6.03 Å². The molecule has 1 saturated carbocycles. The zero-order valence-corrected chi connectivity index (χ0v) is 13.4. The molecule has 5 heteroatoms. The molecule has 2 N–H and O–H groups in total. The molecule has 1 aliphatic carbocycles. The molecule has 0 saturated heterocycles. The van der Waals surface area contributed by atoms with Crippen LogP contribution in [-0.2, 0) is 6.54 Å². The fraction of sp³-hybridized carbons (Fsp3) is 0.412. The third-order valence-corrected chi connectivity index (χ3v) is 4.91. The Bertz CT molecular complexity index is 606. The van der Waals surface area contributed by atoms with Gasteiger partial charge in [0.25, 0.3) is 0 Å². The lowest BCUT2D eigenvalue weighted by atomic mass is 9.96. The highest BCUT2D eigenvalue weighted by Gasteiger charge is 2.15. The van der Waals surface area contributed by atoms with Gasteiger partial charge < -0.3 is 10.6 Å². The van der Waals surface area contributed by atoms with Gasteiger partial charge in [-0.2, -0.15) is 0 Å². The highest BCUT2D eigenvalue weighted by atomic mass is 32.1. The number of hydrogen-bond donors (Lipinski definition) is 2. The summed E-state index contributed by atoms with van der Waals surface area (Å²) in [5, 5.41) is 8.05. The second-order valence-electron chi connectivity index (χ2n) is 5.72. The Balaban J connectivity index is 1.52. The van der Waals surface area contributed by atoms with Gasteiger partial charge in [-0.1, -0.05) is 25.3 Å². The van der Waals surface area contributed by atoms with E-state index in [1.54, 1.807) is 17.5 Å². The number of amides is 2. The predicted molar refractivity (Wildman–Crippen MR) is 89.8 cm³/mol. The molecule has 2 amide bonds. The van der Waals surface area contributed by atoms with Crippen LogP contribution in [0.25, 0.3) is 10.4 Å². The first-order valence-corrected chi connectivity index (χ1v) is 8.71. The molecule has 0 spiro atoms. The van der Waals surface area contributed by atoms with Gasteiger partial charge in [-0.3, -0.25) is 4.98 Å². The Morgan fingerprint density at radius 3 is 2.91 bits per heavy atom. The average Bonchev–Trinajstić information content (AvgIpc) is 3.09. The van der Waals surface area contributed by atoms with E-state index in [-0.39, 0.29) is 6.03 Å². The maximum atomic E-state index is 12.0. The summed E-state index contributed by atoms with van der Waals surface area (Å²) in [5.41, 5.74) is 2.12. The Morgan fingerprint density at radius 2 is 2.14 bits per heavy atom. The monoisotopic (exact) mass is 315 g/mol. The van der Waals surface area contributed by atoms with Gasteiger partial charge in [0.05, 0.1) is 0 Å². The van der Waals surface area contributed by atoms with Crippen molar-refractivity contribution in [1.82, 2.24) is 15.6 Å². The van der Waals surface area contributed by atoms with Gasteiger partial charge in [-0.25, -0.2) is 4.79 Å². The molecule has 22 heavy (non-hydrogen) atoms. The van der Waals surface area contributed by atoms with Crippen molar-refractivity contribution in [1.29, 1.82) is 0 Å². The summed E-state index contributed by atoms with van der Waals surface area (Å²) in [5.74, 6) is 0. The minimum absolute atomic E-state index is 0.0755. The number of nitrogens with one attached hydrogen (secondary N) is 2. The number of pyridine rings is 1. The van der Waals surface area contributed by atoms with E-state index in [2.05, 4.69) is 33.1 Å². The van der Waals surface area contributed by atoms with Crippen molar-refractivity contribution >= 4 is 17.4 Å². The van der Waals surface area contributed by atoms with Crippen molar-refractivity contribution in [2.45, 2.75) is 44.7 Å². The quantitative estimate of drug-likeness (QED) is 0.898. The van der Waals surface area contributed by atoms with Crippen LogP contribution in [0.5, 0.6) is 0 Å². The van der Waals surface area contributed by atoms with Crippen LogP contribution < -0.4 is 10.6 Å². The van der Waals surface area contributed by atoms with Crippen molar-refractivity contribution in [2.24, 2.45) is 0 Å². The Kier molecular flexibility index (Phi) is 5.06. The first-order chi connectivity index (χ1) is 10.8. The van der Waals surface area contributed by atoms with E-state index >= 15 is 0 Å². The smallest absolute Gasteiger partial charge is 0.315 e. The van der Waals surface area contributed by atoms with E-state index in [4.69, 9.17) is 0 Å². The molecular formula is C17H21N3OS. The van der Waals surface area contributed by atoms with Crippen molar-refractivity contribution in [3.05, 3.63) is 41.5 Å². The van der Waals surface area contributed by atoms with E-state index in [0.29, 0.717) is 12.6 Å². The number of carbonyl (C=O) groups is 1. The van der Waals surface area contributed by atoms with E-state index in [0.717, 1.165) is 24.0 Å². The Hall–Kier alpha value is -1.88. The lowest BCUT2D eigenvalue weighted by Gasteiger charge is -2.22. The fourth-order valence-corrected chi connectivity index (χ4v) is 3.54. The third-order valence-electron chi connectivity index (χ3n) is 3.99. The molecule has 2 aromatic heterocycles. The molecule has 2 aromatic rings. The number of rotatable bonds is 4. The molecule has 1 aliphatic rings. The first kappa shape index (κ1) is 15.0. The maximum absolute atomic E-state index is 12.0. The van der Waals surface area contributed by atoms with E-state index in [1.807, 2.05) is 12.3 Å². The minimum atomic E-state index is -0.0755. The van der Waals surface area contributed by atoms with Gasteiger partial charge in [0.1, 0.15) is 0 Å². The molecule has 2 heterocycles. The molecule has 0 atom stereocenters. The summed E-state index contributed by atoms with van der Waals surface area (Å²) < 4.78 is 0. The van der Waals surface area contributed by atoms with Gasteiger partial charge in [0.2, 0.25) is 0 Å². The van der Waals surface area contributed by atoms with E-state index in [9.17, 15) is 4.79 Å². The molecule has 4 nitrogen and oxygen atoms in total. The standard InChI is InChI=1S/C17H21N3OS/c21-17(20-15-5-2-1-3-6-15)19-11-13-9-14(12-18-10-13)16-7-4-8-22-16/h4,7-10,12,15H,1-3,5-6,11H2,(H2,19,20,21). The van der Waals surface area contributed by atoms with Crippen molar-refractivity contribution in [3.8, 4) is 10.4 Å². The van der Waals surface area contributed by atoms with Crippen LogP contribution >= 0.6 is 11.3 Å². The Labute approximate surface area is 135 Å². The molecule has 0 aromatic carbocycles. The molecule has 0 bridgehead atoms. The van der Waals surface area contributed by atoms with Crippen molar-refractivity contribution in [2.75, 3.05) is 0 Å². The van der Waals surface area contributed by atoms with Gasteiger partial charge in [-0.15, -0.1) is 11.3 Å². The van der Waals surface area contributed by atoms with Crippen LogP contribution in [0.1, 0.15) is 37.7 Å². The molecule has 116 valence electrons.